The highest BCUT2D eigenvalue weighted by molar-refractivity contribution is 7.93. The summed E-state index contributed by atoms with van der Waals surface area (Å²) in [5, 5.41) is 11.1. The van der Waals surface area contributed by atoms with Gasteiger partial charge in [0.15, 0.2) is 4.90 Å². The van der Waals surface area contributed by atoms with E-state index in [1.165, 1.54) is 56.6 Å². The van der Waals surface area contributed by atoms with Gasteiger partial charge in [-0.15, -0.1) is 0 Å². The van der Waals surface area contributed by atoms with Gasteiger partial charge >= 0.3 is 5.97 Å². The highest BCUT2D eigenvalue weighted by Crippen LogP contribution is 2.28. The smallest absolute Gasteiger partial charge is 0.337 e. The Kier molecular flexibility index (Phi) is 4.84. The highest BCUT2D eigenvalue weighted by atomic mass is 32.2. The first-order valence-electron chi connectivity index (χ1n) is 6.69. The second-order valence-electron chi connectivity index (χ2n) is 4.74. The van der Waals surface area contributed by atoms with Crippen LogP contribution in [0.25, 0.3) is 0 Å². The fourth-order valence-electron chi connectivity index (χ4n) is 2.04. The van der Waals surface area contributed by atoms with Gasteiger partial charge in [0.25, 0.3) is 15.7 Å². The summed E-state index contributed by atoms with van der Waals surface area (Å²) >= 11 is 0. The number of hydrogen-bond donors (Lipinski definition) is 0. The maximum Gasteiger partial charge on any atom is 0.337 e. The van der Waals surface area contributed by atoms with Gasteiger partial charge in [-0.3, -0.25) is 14.4 Å². The number of nitro benzene ring substituents is 1. The normalized spacial score (nSPS) is 10.9. The van der Waals surface area contributed by atoms with Crippen molar-refractivity contribution in [3.05, 3.63) is 64.2 Å². The Balaban J connectivity index is 2.43. The predicted molar refractivity (Wildman–Crippen MR) is 86.5 cm³/mol. The van der Waals surface area contributed by atoms with Crippen molar-refractivity contribution in [2.75, 3.05) is 18.5 Å². The summed E-state index contributed by atoms with van der Waals surface area (Å²) in [7, 11) is -1.62. The van der Waals surface area contributed by atoms with E-state index in [1.807, 2.05) is 0 Å². The second-order valence-corrected chi connectivity index (χ2v) is 6.67. The molecule has 2 aromatic carbocycles. The van der Waals surface area contributed by atoms with E-state index in [9.17, 15) is 23.3 Å². The minimum atomic E-state index is -4.13. The van der Waals surface area contributed by atoms with Crippen LogP contribution in [-0.4, -0.2) is 33.5 Å². The molecule has 0 atom stereocenters. The summed E-state index contributed by atoms with van der Waals surface area (Å²) < 4.78 is 30.8. The first kappa shape index (κ1) is 17.4. The Morgan fingerprint density at radius 3 is 2.25 bits per heavy atom. The molecule has 0 spiro atoms. The lowest BCUT2D eigenvalue weighted by molar-refractivity contribution is -0.387. The van der Waals surface area contributed by atoms with Gasteiger partial charge in [-0.25, -0.2) is 13.2 Å². The van der Waals surface area contributed by atoms with Gasteiger partial charge in [0.05, 0.1) is 23.3 Å². The van der Waals surface area contributed by atoms with Crippen molar-refractivity contribution in [2.45, 2.75) is 4.90 Å². The van der Waals surface area contributed by atoms with Crippen molar-refractivity contribution < 1.29 is 22.9 Å². The third-order valence-corrected chi connectivity index (χ3v) is 5.19. The molecule has 0 radical (unpaired) electrons. The summed E-state index contributed by atoms with van der Waals surface area (Å²) in [5.41, 5.74) is 0.00840. The van der Waals surface area contributed by atoms with Crippen LogP contribution in [0.5, 0.6) is 0 Å². The number of benzene rings is 2. The highest BCUT2D eigenvalue weighted by Gasteiger charge is 2.29. The van der Waals surface area contributed by atoms with Gasteiger partial charge in [0, 0.05) is 13.1 Å². The van der Waals surface area contributed by atoms with Crippen LogP contribution in [0.2, 0.25) is 0 Å². The predicted octanol–water partition coefficient (Wildman–Crippen LogP) is 2.21. The molecule has 8 nitrogen and oxygen atoms in total. The maximum absolute atomic E-state index is 12.7. The molecule has 0 N–H and O–H groups in total. The zero-order chi connectivity index (χ0) is 17.9. The van der Waals surface area contributed by atoms with E-state index in [-0.39, 0.29) is 11.3 Å². The van der Waals surface area contributed by atoms with E-state index >= 15 is 0 Å². The summed E-state index contributed by atoms with van der Waals surface area (Å²) in [6, 6.07) is 10.8. The number of carbonyl (C=O) groups excluding carboxylic acids is 1. The minimum absolute atomic E-state index is 0.251. The van der Waals surface area contributed by atoms with Crippen LogP contribution in [-0.2, 0) is 14.8 Å². The van der Waals surface area contributed by atoms with Gasteiger partial charge < -0.3 is 4.74 Å². The Morgan fingerprint density at radius 2 is 1.71 bits per heavy atom. The fraction of sp³-hybridized carbons (Fsp3) is 0.133. The van der Waals surface area contributed by atoms with Gasteiger partial charge in [-0.2, -0.15) is 0 Å². The number of sulfonamides is 1. The molecule has 9 heteroatoms. The van der Waals surface area contributed by atoms with Crippen LogP contribution >= 0.6 is 0 Å². The van der Waals surface area contributed by atoms with Crippen LogP contribution in [0.1, 0.15) is 10.4 Å². The van der Waals surface area contributed by atoms with E-state index < -0.39 is 31.5 Å². The van der Waals surface area contributed by atoms with E-state index in [1.54, 1.807) is 0 Å². The maximum atomic E-state index is 12.7. The number of methoxy groups -OCH3 is 1. The number of hydrogen-bond acceptors (Lipinski definition) is 6. The van der Waals surface area contributed by atoms with E-state index in [0.29, 0.717) is 0 Å². The molecule has 0 unspecified atom stereocenters. The second kappa shape index (κ2) is 6.67. The average Bonchev–Trinajstić information content (AvgIpc) is 2.60. The molecule has 0 aliphatic heterocycles. The lowest BCUT2D eigenvalue weighted by Gasteiger charge is -2.19. The van der Waals surface area contributed by atoms with Crippen molar-refractivity contribution in [3.8, 4) is 0 Å². The van der Waals surface area contributed by atoms with E-state index in [2.05, 4.69) is 4.74 Å². The number of nitro groups is 1. The molecule has 0 bridgehead atoms. The summed E-state index contributed by atoms with van der Waals surface area (Å²) in [6.07, 6.45) is 0. The number of ether oxygens (including phenoxy) is 1. The van der Waals surface area contributed by atoms with Crippen molar-refractivity contribution in [2.24, 2.45) is 0 Å². The Labute approximate surface area is 138 Å². The van der Waals surface area contributed by atoms with Crippen molar-refractivity contribution in [1.82, 2.24) is 0 Å². The lowest BCUT2D eigenvalue weighted by Crippen LogP contribution is -2.27. The molecule has 0 fully saturated rings. The molecule has 0 aromatic heterocycles. The summed E-state index contributed by atoms with van der Waals surface area (Å²) in [4.78, 5) is 21.3. The molecule has 0 saturated heterocycles. The standard InChI is InChI=1S/C15H14N2O6S/c1-16(12-9-7-11(8-10-12)15(18)23-2)24(21,22)14-6-4-3-5-13(14)17(19)20/h3-10H,1-2H3. The minimum Gasteiger partial charge on any atom is -0.465 e. The van der Waals surface area contributed by atoms with Crippen molar-refractivity contribution in [3.63, 3.8) is 0 Å². The van der Waals surface area contributed by atoms with Crippen LogP contribution in [0.3, 0.4) is 0 Å². The molecule has 2 rings (SSSR count). The Hall–Kier alpha value is -2.94. The van der Waals surface area contributed by atoms with Gasteiger partial charge in [-0.1, -0.05) is 12.1 Å². The van der Waals surface area contributed by atoms with Crippen molar-refractivity contribution >= 4 is 27.4 Å². The van der Waals surface area contributed by atoms with Crippen molar-refractivity contribution in [1.29, 1.82) is 0 Å². The molecule has 0 saturated carbocycles. The molecule has 0 aliphatic rings. The van der Waals surface area contributed by atoms with Gasteiger partial charge in [0.1, 0.15) is 0 Å². The van der Waals surface area contributed by atoms with Gasteiger partial charge in [0.2, 0.25) is 0 Å². The quantitative estimate of drug-likeness (QED) is 0.465. The molecule has 2 aromatic rings. The summed E-state index contributed by atoms with van der Waals surface area (Å²) in [5.74, 6) is -0.550. The monoisotopic (exact) mass is 350 g/mol. The zero-order valence-corrected chi connectivity index (χ0v) is 13.7. The third kappa shape index (κ3) is 3.20. The molecule has 24 heavy (non-hydrogen) atoms. The molecular weight excluding hydrogens is 336 g/mol. The lowest BCUT2D eigenvalue weighted by atomic mass is 10.2. The molecular formula is C15H14N2O6S. The number of esters is 1. The van der Waals surface area contributed by atoms with Crippen LogP contribution < -0.4 is 4.31 Å². The van der Waals surface area contributed by atoms with E-state index in [4.69, 9.17) is 0 Å². The zero-order valence-electron chi connectivity index (χ0n) is 12.9. The molecule has 126 valence electrons. The number of rotatable bonds is 5. The number of para-hydroxylation sites is 1. The van der Waals surface area contributed by atoms with Crippen LogP contribution in [0.15, 0.2) is 53.4 Å². The molecule has 0 amide bonds. The number of nitrogens with zero attached hydrogens (tertiary/aromatic N) is 2. The molecule has 0 heterocycles. The fourth-order valence-corrected chi connectivity index (χ4v) is 3.39. The summed E-state index contributed by atoms with van der Waals surface area (Å²) in [6.45, 7) is 0. The van der Waals surface area contributed by atoms with Crippen LogP contribution in [0.4, 0.5) is 11.4 Å². The average molecular weight is 350 g/mol. The van der Waals surface area contributed by atoms with E-state index in [0.717, 1.165) is 10.4 Å². The first-order valence-corrected chi connectivity index (χ1v) is 8.13. The molecule has 0 aliphatic carbocycles. The third-order valence-electron chi connectivity index (χ3n) is 3.35. The topological polar surface area (TPSA) is 107 Å². The van der Waals surface area contributed by atoms with Crippen LogP contribution in [0, 0.1) is 10.1 Å². The number of anilines is 1. The first-order chi connectivity index (χ1) is 11.3. The SMILES string of the molecule is COC(=O)c1ccc(N(C)S(=O)(=O)c2ccccc2[N+](=O)[O-])cc1. The van der Waals surface area contributed by atoms with Gasteiger partial charge in [-0.05, 0) is 30.3 Å². The number of carbonyl (C=O) groups is 1. The Bertz CT molecular complexity index is 877. The Morgan fingerprint density at radius 1 is 1.12 bits per heavy atom. The largest absolute Gasteiger partial charge is 0.465 e.